The highest BCUT2D eigenvalue weighted by atomic mass is 79.9. The van der Waals surface area contributed by atoms with Gasteiger partial charge in [-0.2, -0.15) is 0 Å². The van der Waals surface area contributed by atoms with Crippen LogP contribution in [0.2, 0.25) is 0 Å². The molecular weight excluding hydrogens is 266 g/mol. The van der Waals surface area contributed by atoms with Crippen LogP contribution in [-0.4, -0.2) is 11.1 Å². The summed E-state index contributed by atoms with van der Waals surface area (Å²) in [5, 5.41) is 12.8. The van der Waals surface area contributed by atoms with Crippen molar-refractivity contribution in [2.75, 3.05) is 5.32 Å². The molecule has 1 rings (SSSR count). The number of benzene rings is 1. The number of nitrogens with one attached hydrogen (secondary N) is 1. The van der Waals surface area contributed by atoms with E-state index in [-0.39, 0.29) is 6.61 Å². The number of hydrogen-bond acceptors (Lipinski definition) is 2. The average molecular weight is 286 g/mol. The topological polar surface area (TPSA) is 32.3 Å². The second kappa shape index (κ2) is 6.92. The molecule has 2 N–H and O–H groups in total. The van der Waals surface area contributed by atoms with Gasteiger partial charge in [0.1, 0.15) is 0 Å². The molecule has 90 valence electrons. The van der Waals surface area contributed by atoms with Gasteiger partial charge in [-0.25, -0.2) is 0 Å². The minimum Gasteiger partial charge on any atom is -0.392 e. The zero-order valence-corrected chi connectivity index (χ0v) is 11.5. The van der Waals surface area contributed by atoms with Crippen molar-refractivity contribution in [3.05, 3.63) is 28.2 Å². The van der Waals surface area contributed by atoms with E-state index < -0.39 is 0 Å². The van der Waals surface area contributed by atoms with Gasteiger partial charge in [0.2, 0.25) is 0 Å². The van der Waals surface area contributed by atoms with E-state index in [1.165, 1.54) is 6.42 Å². The summed E-state index contributed by atoms with van der Waals surface area (Å²) in [6, 6.07) is 6.46. The summed E-state index contributed by atoms with van der Waals surface area (Å²) >= 11 is 3.46. The molecule has 1 unspecified atom stereocenters. The van der Waals surface area contributed by atoms with Gasteiger partial charge in [-0.1, -0.05) is 42.3 Å². The molecule has 0 amide bonds. The van der Waals surface area contributed by atoms with E-state index in [2.05, 4.69) is 35.1 Å². The van der Waals surface area contributed by atoms with Crippen molar-refractivity contribution in [2.45, 2.75) is 45.8 Å². The van der Waals surface area contributed by atoms with Gasteiger partial charge in [-0.3, -0.25) is 0 Å². The molecule has 0 saturated carbocycles. The Morgan fingerprint density at radius 2 is 2.12 bits per heavy atom. The molecule has 0 aromatic heterocycles. The fourth-order valence-electron chi connectivity index (χ4n) is 1.80. The Morgan fingerprint density at radius 3 is 2.69 bits per heavy atom. The van der Waals surface area contributed by atoms with Gasteiger partial charge in [0.25, 0.3) is 0 Å². The van der Waals surface area contributed by atoms with Crippen molar-refractivity contribution in [1.29, 1.82) is 0 Å². The Bertz CT molecular complexity index is 328. The Morgan fingerprint density at radius 1 is 1.38 bits per heavy atom. The van der Waals surface area contributed by atoms with Crippen LogP contribution in [-0.2, 0) is 6.61 Å². The van der Waals surface area contributed by atoms with E-state index in [0.29, 0.717) is 6.04 Å². The molecule has 16 heavy (non-hydrogen) atoms. The number of halogens is 1. The van der Waals surface area contributed by atoms with Crippen LogP contribution in [0.4, 0.5) is 5.69 Å². The molecule has 0 heterocycles. The Kier molecular flexibility index (Phi) is 5.85. The molecule has 3 heteroatoms. The van der Waals surface area contributed by atoms with E-state index in [9.17, 15) is 5.11 Å². The van der Waals surface area contributed by atoms with Crippen LogP contribution >= 0.6 is 15.9 Å². The third kappa shape index (κ3) is 3.49. The van der Waals surface area contributed by atoms with Crippen LogP contribution in [0.5, 0.6) is 0 Å². The minimum atomic E-state index is 0.0618. The molecule has 0 aliphatic rings. The van der Waals surface area contributed by atoms with Crippen LogP contribution in [0.25, 0.3) is 0 Å². The highest BCUT2D eigenvalue weighted by Gasteiger charge is 2.09. The number of rotatable bonds is 6. The van der Waals surface area contributed by atoms with Gasteiger partial charge in [0.05, 0.1) is 6.61 Å². The lowest BCUT2D eigenvalue weighted by molar-refractivity contribution is 0.281. The predicted octanol–water partition coefficient (Wildman–Crippen LogP) is 3.93. The predicted molar refractivity (Wildman–Crippen MR) is 72.7 cm³/mol. The van der Waals surface area contributed by atoms with E-state index in [1.807, 2.05) is 18.2 Å². The maximum atomic E-state index is 9.34. The van der Waals surface area contributed by atoms with E-state index in [4.69, 9.17) is 0 Å². The van der Waals surface area contributed by atoms with Gasteiger partial charge < -0.3 is 10.4 Å². The third-order valence-corrected chi connectivity index (χ3v) is 3.51. The monoisotopic (exact) mass is 285 g/mol. The molecule has 1 aromatic rings. The lowest BCUT2D eigenvalue weighted by atomic mass is 10.1. The minimum absolute atomic E-state index is 0.0618. The lowest BCUT2D eigenvalue weighted by Crippen LogP contribution is -2.19. The molecular formula is C13H20BrNO. The molecule has 0 fully saturated rings. The number of aliphatic hydroxyl groups excluding tert-OH is 1. The summed E-state index contributed by atoms with van der Waals surface area (Å²) in [7, 11) is 0. The van der Waals surface area contributed by atoms with Crippen LogP contribution in [0.1, 0.15) is 38.7 Å². The highest BCUT2D eigenvalue weighted by Crippen LogP contribution is 2.26. The molecule has 0 spiro atoms. The Hall–Kier alpha value is -0.540. The Balaban J connectivity index is 2.82. The first-order valence-corrected chi connectivity index (χ1v) is 6.67. The second-order valence-corrected chi connectivity index (χ2v) is 4.82. The van der Waals surface area contributed by atoms with Crippen LogP contribution in [0, 0.1) is 0 Å². The largest absolute Gasteiger partial charge is 0.392 e. The molecule has 1 atom stereocenters. The van der Waals surface area contributed by atoms with Crippen molar-refractivity contribution in [2.24, 2.45) is 0 Å². The molecule has 1 aromatic carbocycles. The quantitative estimate of drug-likeness (QED) is 0.830. The van der Waals surface area contributed by atoms with Gasteiger partial charge in [0.15, 0.2) is 0 Å². The van der Waals surface area contributed by atoms with E-state index >= 15 is 0 Å². The SMILES string of the molecule is CCCC(CC)Nc1cccc(Br)c1CO. The summed E-state index contributed by atoms with van der Waals surface area (Å²) in [6.07, 6.45) is 3.44. The van der Waals surface area contributed by atoms with Crippen LogP contribution in [0.3, 0.4) is 0 Å². The third-order valence-electron chi connectivity index (χ3n) is 2.77. The fourth-order valence-corrected chi connectivity index (χ4v) is 2.29. The van der Waals surface area contributed by atoms with E-state index in [0.717, 1.165) is 28.6 Å². The molecule has 0 aliphatic heterocycles. The van der Waals surface area contributed by atoms with E-state index in [1.54, 1.807) is 0 Å². The lowest BCUT2D eigenvalue weighted by Gasteiger charge is -2.20. The number of aliphatic hydroxyl groups is 1. The maximum Gasteiger partial charge on any atom is 0.0713 e. The molecule has 0 aliphatic carbocycles. The standard InChI is InChI=1S/C13H20BrNO/c1-3-6-10(4-2)15-13-8-5-7-12(14)11(13)9-16/h5,7-8,10,15-16H,3-4,6,9H2,1-2H3. The molecule has 2 nitrogen and oxygen atoms in total. The molecule has 0 saturated heterocycles. The Labute approximate surface area is 106 Å². The number of hydrogen-bond donors (Lipinski definition) is 2. The van der Waals surface area contributed by atoms with Gasteiger partial charge in [-0.05, 0) is 25.0 Å². The van der Waals surface area contributed by atoms with Crippen molar-refractivity contribution < 1.29 is 5.11 Å². The molecule has 0 radical (unpaired) electrons. The fraction of sp³-hybridized carbons (Fsp3) is 0.538. The maximum absolute atomic E-state index is 9.34. The summed E-state index contributed by atoms with van der Waals surface area (Å²) in [5.74, 6) is 0. The van der Waals surface area contributed by atoms with Crippen LogP contribution in [0.15, 0.2) is 22.7 Å². The highest BCUT2D eigenvalue weighted by molar-refractivity contribution is 9.10. The van der Waals surface area contributed by atoms with Crippen molar-refractivity contribution in [3.8, 4) is 0 Å². The summed E-state index contributed by atoms with van der Waals surface area (Å²) in [6.45, 7) is 4.44. The first-order valence-electron chi connectivity index (χ1n) is 5.87. The summed E-state index contributed by atoms with van der Waals surface area (Å²) in [4.78, 5) is 0. The summed E-state index contributed by atoms with van der Waals surface area (Å²) in [5.41, 5.74) is 1.98. The second-order valence-electron chi connectivity index (χ2n) is 3.96. The first-order chi connectivity index (χ1) is 7.72. The summed E-state index contributed by atoms with van der Waals surface area (Å²) < 4.78 is 0.964. The van der Waals surface area contributed by atoms with Gasteiger partial charge in [0, 0.05) is 21.8 Å². The molecule has 0 bridgehead atoms. The van der Waals surface area contributed by atoms with Crippen LogP contribution < -0.4 is 5.32 Å². The smallest absolute Gasteiger partial charge is 0.0713 e. The normalized spacial score (nSPS) is 12.5. The zero-order chi connectivity index (χ0) is 12.0. The average Bonchev–Trinajstić information content (AvgIpc) is 2.28. The van der Waals surface area contributed by atoms with Crippen molar-refractivity contribution >= 4 is 21.6 Å². The zero-order valence-electron chi connectivity index (χ0n) is 9.96. The van der Waals surface area contributed by atoms with Gasteiger partial charge in [-0.15, -0.1) is 0 Å². The number of anilines is 1. The van der Waals surface area contributed by atoms with Crippen molar-refractivity contribution in [3.63, 3.8) is 0 Å². The van der Waals surface area contributed by atoms with Crippen molar-refractivity contribution in [1.82, 2.24) is 0 Å². The first kappa shape index (κ1) is 13.5. The van der Waals surface area contributed by atoms with Gasteiger partial charge >= 0.3 is 0 Å².